The normalized spacial score (nSPS) is 17.0. The van der Waals surface area contributed by atoms with E-state index in [4.69, 9.17) is 0 Å². The van der Waals surface area contributed by atoms with Gasteiger partial charge >= 0.3 is 0 Å². The number of hydrogen-bond donors (Lipinski definition) is 0. The topological polar surface area (TPSA) is 20.3 Å². The number of rotatable bonds is 1. The smallest absolute Gasteiger partial charge is 0.191 e. The van der Waals surface area contributed by atoms with Gasteiger partial charge < -0.3 is 4.90 Å². The maximum absolute atomic E-state index is 13.4. The van der Waals surface area contributed by atoms with E-state index in [0.717, 1.165) is 0 Å². The van der Waals surface area contributed by atoms with Crippen LogP contribution >= 0.6 is 0 Å². The highest BCUT2D eigenvalue weighted by molar-refractivity contribution is 6.13. The Bertz CT molecular complexity index is 449. The molecular formula is C12H12FNO. The molecule has 78 valence electrons. The van der Waals surface area contributed by atoms with Crippen molar-refractivity contribution in [2.75, 3.05) is 14.1 Å². The number of allylic oxidation sites excluding steroid dienone is 1. The van der Waals surface area contributed by atoms with E-state index in [0.29, 0.717) is 23.1 Å². The summed E-state index contributed by atoms with van der Waals surface area (Å²) in [5, 5.41) is 0. The molecule has 0 saturated heterocycles. The molecule has 0 saturated carbocycles. The van der Waals surface area contributed by atoms with Gasteiger partial charge in [0, 0.05) is 43.4 Å². The number of ketones is 1. The number of hydrogen-bond acceptors (Lipinski definition) is 2. The fraction of sp³-hybridized carbons (Fsp3) is 0.250. The average Bonchev–Trinajstić information content (AvgIpc) is 2.46. The summed E-state index contributed by atoms with van der Waals surface area (Å²) in [6.45, 7) is 0. The van der Waals surface area contributed by atoms with Crippen molar-refractivity contribution in [3.8, 4) is 0 Å². The Hall–Kier alpha value is -1.64. The summed E-state index contributed by atoms with van der Waals surface area (Å²) in [6.07, 6.45) is 2.15. The van der Waals surface area contributed by atoms with E-state index in [9.17, 15) is 9.18 Å². The third-order valence-electron chi connectivity index (χ3n) is 2.44. The van der Waals surface area contributed by atoms with Gasteiger partial charge in [-0.2, -0.15) is 0 Å². The van der Waals surface area contributed by atoms with Gasteiger partial charge in [-0.1, -0.05) is 12.1 Å². The molecule has 0 heterocycles. The summed E-state index contributed by atoms with van der Waals surface area (Å²) in [7, 11) is 3.69. The summed E-state index contributed by atoms with van der Waals surface area (Å²) in [6, 6.07) is 4.65. The van der Waals surface area contributed by atoms with Crippen LogP contribution in [0.5, 0.6) is 0 Å². The molecular weight excluding hydrogens is 193 g/mol. The van der Waals surface area contributed by atoms with E-state index in [1.54, 1.807) is 23.2 Å². The van der Waals surface area contributed by atoms with E-state index in [2.05, 4.69) is 0 Å². The fourth-order valence-electron chi connectivity index (χ4n) is 1.81. The SMILES string of the molecule is CN(C)/C=C1\Cc2c(F)cccc2C1=O. The highest BCUT2D eigenvalue weighted by atomic mass is 19.1. The molecule has 0 amide bonds. The summed E-state index contributed by atoms with van der Waals surface area (Å²) >= 11 is 0. The van der Waals surface area contributed by atoms with Crippen molar-refractivity contribution in [3.05, 3.63) is 46.9 Å². The minimum absolute atomic E-state index is 0.0572. The molecule has 0 spiro atoms. The molecule has 2 rings (SSSR count). The lowest BCUT2D eigenvalue weighted by atomic mass is 10.1. The van der Waals surface area contributed by atoms with E-state index in [-0.39, 0.29) is 11.6 Å². The molecule has 0 bridgehead atoms. The second-order valence-corrected chi connectivity index (χ2v) is 3.89. The Labute approximate surface area is 88.0 Å². The van der Waals surface area contributed by atoms with Crippen molar-refractivity contribution in [1.82, 2.24) is 4.90 Å². The molecule has 0 aliphatic heterocycles. The lowest BCUT2D eigenvalue weighted by molar-refractivity contribution is 0.103. The Balaban J connectivity index is 2.46. The Kier molecular flexibility index (Phi) is 2.31. The van der Waals surface area contributed by atoms with Gasteiger partial charge in [0.25, 0.3) is 0 Å². The molecule has 0 aromatic heterocycles. The number of halogens is 1. The van der Waals surface area contributed by atoms with Crippen LogP contribution in [0, 0.1) is 5.82 Å². The van der Waals surface area contributed by atoms with Gasteiger partial charge in [-0.05, 0) is 6.07 Å². The molecule has 0 fully saturated rings. The molecule has 1 aromatic carbocycles. The number of Topliss-reactive ketones (excluding diaryl/α,β-unsaturated/α-hetero) is 1. The van der Waals surface area contributed by atoms with Gasteiger partial charge in [0.15, 0.2) is 5.78 Å². The molecule has 1 aliphatic rings. The van der Waals surface area contributed by atoms with Crippen LogP contribution in [-0.4, -0.2) is 24.8 Å². The van der Waals surface area contributed by atoms with Gasteiger partial charge in [0.05, 0.1) is 0 Å². The first-order valence-electron chi connectivity index (χ1n) is 4.79. The number of carbonyl (C=O) groups excluding carboxylic acids is 1. The Morgan fingerprint density at radius 1 is 1.40 bits per heavy atom. The van der Waals surface area contributed by atoms with Crippen molar-refractivity contribution in [2.24, 2.45) is 0 Å². The van der Waals surface area contributed by atoms with Crippen LogP contribution in [0.25, 0.3) is 0 Å². The van der Waals surface area contributed by atoms with Crippen molar-refractivity contribution >= 4 is 5.78 Å². The molecule has 1 aromatic rings. The lowest BCUT2D eigenvalue weighted by Crippen LogP contribution is -2.06. The quantitative estimate of drug-likeness (QED) is 0.654. The van der Waals surface area contributed by atoms with Crippen molar-refractivity contribution in [1.29, 1.82) is 0 Å². The van der Waals surface area contributed by atoms with E-state index in [1.807, 2.05) is 14.1 Å². The molecule has 0 N–H and O–H groups in total. The van der Waals surface area contributed by atoms with Crippen LogP contribution in [0.4, 0.5) is 4.39 Å². The Morgan fingerprint density at radius 3 is 2.73 bits per heavy atom. The molecule has 2 nitrogen and oxygen atoms in total. The zero-order valence-corrected chi connectivity index (χ0v) is 8.75. The van der Waals surface area contributed by atoms with Crippen LogP contribution in [0.1, 0.15) is 15.9 Å². The second kappa shape index (κ2) is 3.50. The summed E-state index contributed by atoms with van der Waals surface area (Å²) in [4.78, 5) is 13.6. The minimum atomic E-state index is -0.289. The third-order valence-corrected chi connectivity index (χ3v) is 2.44. The van der Waals surface area contributed by atoms with Crippen molar-refractivity contribution < 1.29 is 9.18 Å². The first kappa shape index (κ1) is 9.90. The highest BCUT2D eigenvalue weighted by Gasteiger charge is 2.27. The van der Waals surface area contributed by atoms with E-state index >= 15 is 0 Å². The summed E-state index contributed by atoms with van der Waals surface area (Å²) < 4.78 is 13.4. The van der Waals surface area contributed by atoms with Gasteiger partial charge in [-0.3, -0.25) is 4.79 Å². The van der Waals surface area contributed by atoms with E-state index < -0.39 is 0 Å². The third kappa shape index (κ3) is 1.65. The maximum Gasteiger partial charge on any atom is 0.191 e. The maximum atomic E-state index is 13.4. The van der Waals surface area contributed by atoms with Crippen LogP contribution in [0.3, 0.4) is 0 Å². The predicted octanol–water partition coefficient (Wildman–Crippen LogP) is 2.01. The molecule has 15 heavy (non-hydrogen) atoms. The number of nitrogens with zero attached hydrogens (tertiary/aromatic N) is 1. The van der Waals surface area contributed by atoms with Gasteiger partial charge in [0.2, 0.25) is 0 Å². The minimum Gasteiger partial charge on any atom is -0.383 e. The van der Waals surface area contributed by atoms with Crippen LogP contribution in [-0.2, 0) is 6.42 Å². The predicted molar refractivity (Wildman–Crippen MR) is 56.2 cm³/mol. The number of fused-ring (bicyclic) bond motifs is 1. The summed E-state index contributed by atoms with van der Waals surface area (Å²) in [5.41, 5.74) is 1.68. The monoisotopic (exact) mass is 205 g/mol. The number of carbonyl (C=O) groups is 1. The van der Waals surface area contributed by atoms with Gasteiger partial charge in [-0.25, -0.2) is 4.39 Å². The van der Waals surface area contributed by atoms with Gasteiger partial charge in [-0.15, -0.1) is 0 Å². The summed E-state index contributed by atoms with van der Waals surface area (Å²) in [5.74, 6) is -0.346. The molecule has 0 radical (unpaired) electrons. The largest absolute Gasteiger partial charge is 0.383 e. The van der Waals surface area contributed by atoms with Crippen LogP contribution in [0.2, 0.25) is 0 Å². The fourth-order valence-corrected chi connectivity index (χ4v) is 1.81. The molecule has 1 aliphatic carbocycles. The first-order valence-corrected chi connectivity index (χ1v) is 4.79. The second-order valence-electron chi connectivity index (χ2n) is 3.89. The molecule has 0 atom stereocenters. The van der Waals surface area contributed by atoms with E-state index in [1.165, 1.54) is 6.07 Å². The van der Waals surface area contributed by atoms with Crippen LogP contribution in [0.15, 0.2) is 30.0 Å². The average molecular weight is 205 g/mol. The van der Waals surface area contributed by atoms with Crippen molar-refractivity contribution in [3.63, 3.8) is 0 Å². The lowest BCUT2D eigenvalue weighted by Gasteiger charge is -2.05. The van der Waals surface area contributed by atoms with Crippen LogP contribution < -0.4 is 0 Å². The molecule has 0 unspecified atom stereocenters. The highest BCUT2D eigenvalue weighted by Crippen LogP contribution is 2.28. The zero-order valence-electron chi connectivity index (χ0n) is 8.75. The zero-order chi connectivity index (χ0) is 11.0. The molecule has 3 heteroatoms. The Morgan fingerprint density at radius 2 is 2.13 bits per heavy atom. The van der Waals surface area contributed by atoms with Crippen molar-refractivity contribution in [2.45, 2.75) is 6.42 Å². The number of benzene rings is 1. The standard InChI is InChI=1S/C12H12FNO/c1-14(2)7-8-6-10-9(12(8)15)4-3-5-11(10)13/h3-5,7H,6H2,1-2H3/b8-7+. The first-order chi connectivity index (χ1) is 7.09. The van der Waals surface area contributed by atoms with Gasteiger partial charge in [0.1, 0.15) is 5.82 Å².